The smallest absolute Gasteiger partial charge is 0.328 e. The summed E-state index contributed by atoms with van der Waals surface area (Å²) >= 11 is 0. The average Bonchev–Trinajstić information content (AvgIpc) is 2.72. The van der Waals surface area contributed by atoms with Crippen molar-refractivity contribution in [3.63, 3.8) is 0 Å². The van der Waals surface area contributed by atoms with E-state index < -0.39 is 17.9 Å². The second kappa shape index (κ2) is 10.8. The molecule has 28 heavy (non-hydrogen) atoms. The van der Waals surface area contributed by atoms with Crippen molar-refractivity contribution in [3.05, 3.63) is 71.3 Å². The van der Waals surface area contributed by atoms with Gasteiger partial charge in [0.15, 0.2) is 0 Å². The first-order chi connectivity index (χ1) is 13.5. The van der Waals surface area contributed by atoms with Crippen LogP contribution < -0.4 is 16.4 Å². The zero-order valence-electron chi connectivity index (χ0n) is 15.8. The van der Waals surface area contributed by atoms with Crippen LogP contribution in [-0.4, -0.2) is 43.5 Å². The minimum absolute atomic E-state index is 0.229. The first kappa shape index (κ1) is 21.1. The van der Waals surface area contributed by atoms with Crippen molar-refractivity contribution in [1.82, 2.24) is 10.6 Å². The number of carbonyl (C=O) groups excluding carboxylic acids is 3. The zero-order valence-corrected chi connectivity index (χ0v) is 15.8. The van der Waals surface area contributed by atoms with E-state index in [1.165, 1.54) is 12.1 Å². The molecule has 2 aromatic rings. The van der Waals surface area contributed by atoms with E-state index in [0.29, 0.717) is 30.6 Å². The van der Waals surface area contributed by atoms with Gasteiger partial charge < -0.3 is 21.1 Å². The SMILES string of the molecule is CCOC(=O)C(Cc1ccccc1)NC(=O)c1ccc(C(=O)NCCN)cc1. The lowest BCUT2D eigenvalue weighted by molar-refractivity contribution is -0.145. The lowest BCUT2D eigenvalue weighted by Crippen LogP contribution is -2.43. The third kappa shape index (κ3) is 6.21. The Morgan fingerprint density at radius 3 is 2.14 bits per heavy atom. The Kier molecular flexibility index (Phi) is 8.17. The third-order valence-corrected chi connectivity index (χ3v) is 4.00. The van der Waals surface area contributed by atoms with Gasteiger partial charge >= 0.3 is 5.97 Å². The summed E-state index contributed by atoms with van der Waals surface area (Å²) in [5, 5.41) is 5.38. The summed E-state index contributed by atoms with van der Waals surface area (Å²) in [6.45, 7) is 2.67. The third-order valence-electron chi connectivity index (χ3n) is 4.00. The molecule has 1 unspecified atom stereocenters. The standard InChI is InChI=1S/C21H25N3O4/c1-2-28-21(27)18(14-15-6-4-3-5-7-15)24-20(26)17-10-8-16(9-11-17)19(25)23-13-12-22/h3-11,18H,2,12-14,22H2,1H3,(H,23,25)(H,24,26). The molecule has 0 saturated carbocycles. The summed E-state index contributed by atoms with van der Waals surface area (Å²) in [4.78, 5) is 36.7. The van der Waals surface area contributed by atoms with Crippen molar-refractivity contribution in [2.75, 3.05) is 19.7 Å². The second-order valence-electron chi connectivity index (χ2n) is 6.09. The van der Waals surface area contributed by atoms with Crippen LogP contribution in [0.3, 0.4) is 0 Å². The van der Waals surface area contributed by atoms with E-state index in [1.807, 2.05) is 30.3 Å². The fraction of sp³-hybridized carbons (Fsp3) is 0.286. The lowest BCUT2D eigenvalue weighted by Gasteiger charge is -2.17. The average molecular weight is 383 g/mol. The predicted octanol–water partition coefficient (Wildman–Crippen LogP) is 1.28. The molecule has 0 fully saturated rings. The molecule has 7 heteroatoms. The molecule has 148 valence electrons. The molecule has 2 rings (SSSR count). The number of nitrogens with one attached hydrogen (secondary N) is 2. The molecule has 0 aliphatic carbocycles. The maximum Gasteiger partial charge on any atom is 0.328 e. The first-order valence-electron chi connectivity index (χ1n) is 9.15. The monoisotopic (exact) mass is 383 g/mol. The van der Waals surface area contributed by atoms with E-state index in [2.05, 4.69) is 10.6 Å². The van der Waals surface area contributed by atoms with Gasteiger partial charge in [-0.1, -0.05) is 30.3 Å². The molecule has 1 atom stereocenters. The van der Waals surface area contributed by atoms with Crippen molar-refractivity contribution < 1.29 is 19.1 Å². The Labute approximate surface area is 164 Å². The number of amides is 2. The van der Waals surface area contributed by atoms with E-state index in [9.17, 15) is 14.4 Å². The van der Waals surface area contributed by atoms with E-state index in [-0.39, 0.29) is 12.5 Å². The fourth-order valence-electron chi connectivity index (χ4n) is 2.59. The number of rotatable bonds is 9. The van der Waals surface area contributed by atoms with Gasteiger partial charge in [0.1, 0.15) is 6.04 Å². The molecule has 2 aromatic carbocycles. The van der Waals surface area contributed by atoms with Gasteiger partial charge in [0.05, 0.1) is 6.61 Å². The van der Waals surface area contributed by atoms with Crippen LogP contribution in [-0.2, 0) is 16.0 Å². The van der Waals surface area contributed by atoms with E-state index >= 15 is 0 Å². The van der Waals surface area contributed by atoms with Gasteiger partial charge in [-0.2, -0.15) is 0 Å². The highest BCUT2D eigenvalue weighted by atomic mass is 16.5. The lowest BCUT2D eigenvalue weighted by atomic mass is 10.0. The zero-order chi connectivity index (χ0) is 20.4. The summed E-state index contributed by atoms with van der Waals surface area (Å²) < 4.78 is 5.08. The van der Waals surface area contributed by atoms with Crippen molar-refractivity contribution in [2.45, 2.75) is 19.4 Å². The molecule has 0 radical (unpaired) electrons. The van der Waals surface area contributed by atoms with Crippen LogP contribution in [0.1, 0.15) is 33.2 Å². The quantitative estimate of drug-likeness (QED) is 0.565. The van der Waals surface area contributed by atoms with Crippen molar-refractivity contribution in [3.8, 4) is 0 Å². The number of benzene rings is 2. The highest BCUT2D eigenvalue weighted by Gasteiger charge is 2.23. The van der Waals surface area contributed by atoms with Crippen LogP contribution in [0.5, 0.6) is 0 Å². The van der Waals surface area contributed by atoms with Crippen LogP contribution in [0.15, 0.2) is 54.6 Å². The Hall–Kier alpha value is -3.19. The van der Waals surface area contributed by atoms with Gasteiger partial charge in [-0.05, 0) is 36.8 Å². The van der Waals surface area contributed by atoms with Gasteiger partial charge in [-0.3, -0.25) is 9.59 Å². The second-order valence-corrected chi connectivity index (χ2v) is 6.09. The minimum Gasteiger partial charge on any atom is -0.464 e. The van der Waals surface area contributed by atoms with Crippen LogP contribution in [0.4, 0.5) is 0 Å². The highest BCUT2D eigenvalue weighted by molar-refractivity contribution is 5.99. The molecule has 0 aliphatic heterocycles. The molecule has 0 aromatic heterocycles. The van der Waals surface area contributed by atoms with Crippen LogP contribution in [0.2, 0.25) is 0 Å². The minimum atomic E-state index is -0.803. The molecule has 7 nitrogen and oxygen atoms in total. The number of ether oxygens (including phenoxy) is 1. The molecular weight excluding hydrogens is 358 g/mol. The number of nitrogens with two attached hydrogens (primary N) is 1. The van der Waals surface area contributed by atoms with Gasteiger partial charge in [0.2, 0.25) is 0 Å². The summed E-state index contributed by atoms with van der Waals surface area (Å²) in [5.41, 5.74) is 7.04. The summed E-state index contributed by atoms with van der Waals surface area (Å²) in [6, 6.07) is 14.8. The topological polar surface area (TPSA) is 111 Å². The van der Waals surface area contributed by atoms with Gasteiger partial charge in [0, 0.05) is 30.6 Å². The van der Waals surface area contributed by atoms with Gasteiger partial charge in [-0.15, -0.1) is 0 Å². The van der Waals surface area contributed by atoms with Crippen LogP contribution in [0.25, 0.3) is 0 Å². The molecule has 2 amide bonds. The van der Waals surface area contributed by atoms with Crippen LogP contribution in [0, 0.1) is 0 Å². The highest BCUT2D eigenvalue weighted by Crippen LogP contribution is 2.08. The van der Waals surface area contributed by atoms with E-state index in [0.717, 1.165) is 5.56 Å². The predicted molar refractivity (Wildman–Crippen MR) is 106 cm³/mol. The molecule has 0 heterocycles. The maximum atomic E-state index is 12.6. The summed E-state index contributed by atoms with van der Waals surface area (Å²) in [7, 11) is 0. The molecule has 0 bridgehead atoms. The van der Waals surface area contributed by atoms with Crippen LogP contribution >= 0.6 is 0 Å². The summed E-state index contributed by atoms with van der Waals surface area (Å²) in [5.74, 6) is -1.16. The fourth-order valence-corrected chi connectivity index (χ4v) is 2.59. The largest absolute Gasteiger partial charge is 0.464 e. The van der Waals surface area contributed by atoms with Crippen molar-refractivity contribution in [2.24, 2.45) is 5.73 Å². The molecule has 4 N–H and O–H groups in total. The Morgan fingerprint density at radius 1 is 0.964 bits per heavy atom. The molecule has 0 spiro atoms. The van der Waals surface area contributed by atoms with E-state index in [1.54, 1.807) is 19.1 Å². The van der Waals surface area contributed by atoms with Crippen molar-refractivity contribution >= 4 is 17.8 Å². The Balaban J connectivity index is 2.07. The van der Waals surface area contributed by atoms with Crippen molar-refractivity contribution in [1.29, 1.82) is 0 Å². The van der Waals surface area contributed by atoms with Gasteiger partial charge in [0.25, 0.3) is 11.8 Å². The van der Waals surface area contributed by atoms with Gasteiger partial charge in [-0.25, -0.2) is 4.79 Å². The number of carbonyl (C=O) groups is 3. The molecule has 0 saturated heterocycles. The first-order valence-corrected chi connectivity index (χ1v) is 9.15. The Morgan fingerprint density at radius 2 is 1.57 bits per heavy atom. The Bertz CT molecular complexity index is 791. The van der Waals surface area contributed by atoms with E-state index in [4.69, 9.17) is 10.5 Å². The number of hydrogen-bond acceptors (Lipinski definition) is 5. The molecule has 0 aliphatic rings. The number of esters is 1. The summed E-state index contributed by atoms with van der Waals surface area (Å²) in [6.07, 6.45) is 0.324. The normalized spacial score (nSPS) is 11.4. The molecular formula is C21H25N3O4. The number of hydrogen-bond donors (Lipinski definition) is 3. The maximum absolute atomic E-state index is 12.6.